The molecule has 0 atom stereocenters. The van der Waals surface area contributed by atoms with Crippen molar-refractivity contribution in [3.05, 3.63) is 69.2 Å². The van der Waals surface area contributed by atoms with Crippen LogP contribution in [0.15, 0.2) is 45.6 Å². The lowest BCUT2D eigenvalue weighted by Gasteiger charge is -2.07. The Balaban J connectivity index is 1.76. The Hall–Kier alpha value is -2.82. The van der Waals surface area contributed by atoms with Crippen LogP contribution in [-0.4, -0.2) is 10.5 Å². The van der Waals surface area contributed by atoms with E-state index in [1.807, 2.05) is 44.2 Å². The minimum atomic E-state index is -0.392. The van der Waals surface area contributed by atoms with Crippen molar-refractivity contribution in [2.75, 3.05) is 0 Å². The summed E-state index contributed by atoms with van der Waals surface area (Å²) in [5.41, 5.74) is 5.02. The number of oxazole rings is 1. The van der Waals surface area contributed by atoms with Gasteiger partial charge in [-0.1, -0.05) is 12.1 Å². The van der Waals surface area contributed by atoms with Gasteiger partial charge < -0.3 is 9.73 Å². The Morgan fingerprint density at radius 3 is 2.65 bits per heavy atom. The van der Waals surface area contributed by atoms with Crippen molar-refractivity contribution in [1.82, 2.24) is 9.88 Å². The zero-order valence-electron chi connectivity index (χ0n) is 13.3. The summed E-state index contributed by atoms with van der Waals surface area (Å²) in [5.74, 6) is -0.515. The molecule has 0 fully saturated rings. The Bertz CT molecular complexity index is 951. The zero-order chi connectivity index (χ0) is 16.6. The minimum absolute atomic E-state index is 0.122. The van der Waals surface area contributed by atoms with E-state index >= 15 is 0 Å². The molecule has 0 aliphatic rings. The summed E-state index contributed by atoms with van der Waals surface area (Å²) in [4.78, 5) is 23.7. The van der Waals surface area contributed by atoms with Gasteiger partial charge in [-0.15, -0.1) is 0 Å². The molecular weight excluding hydrogens is 292 g/mol. The third-order valence-corrected chi connectivity index (χ3v) is 4.08. The third-order valence-electron chi connectivity index (χ3n) is 4.08. The molecule has 3 rings (SSSR count). The minimum Gasteiger partial charge on any atom is -0.408 e. The van der Waals surface area contributed by atoms with Gasteiger partial charge in [0.25, 0.3) is 5.91 Å². The predicted octanol–water partition coefficient (Wildman–Crippen LogP) is 2.68. The van der Waals surface area contributed by atoms with Crippen molar-refractivity contribution in [2.45, 2.75) is 20.4 Å². The Kier molecular flexibility index (Phi) is 3.78. The summed E-state index contributed by atoms with van der Waals surface area (Å²) in [6.07, 6.45) is 0. The van der Waals surface area contributed by atoms with Crippen LogP contribution in [0, 0.1) is 13.8 Å². The number of fused-ring (bicyclic) bond motifs is 1. The van der Waals surface area contributed by atoms with Gasteiger partial charge in [0.2, 0.25) is 0 Å². The monoisotopic (exact) mass is 310 g/mol. The van der Waals surface area contributed by atoms with Gasteiger partial charge in [-0.05, 0) is 54.8 Å². The number of aryl methyl sites for hydroxylation is 3. The first-order valence-corrected chi connectivity index (χ1v) is 7.39. The van der Waals surface area contributed by atoms with Gasteiger partial charge in [0.05, 0.1) is 5.52 Å². The van der Waals surface area contributed by atoms with E-state index in [4.69, 9.17) is 4.42 Å². The molecule has 23 heavy (non-hydrogen) atoms. The van der Waals surface area contributed by atoms with Crippen molar-refractivity contribution in [2.24, 2.45) is 7.05 Å². The Labute approximate surface area is 133 Å². The molecule has 1 N–H and O–H groups in total. The van der Waals surface area contributed by atoms with Crippen molar-refractivity contribution in [3.8, 4) is 0 Å². The molecule has 1 amide bonds. The number of nitrogens with one attached hydrogen (secondary N) is 1. The molecule has 0 spiro atoms. The Morgan fingerprint density at radius 1 is 1.13 bits per heavy atom. The van der Waals surface area contributed by atoms with Crippen LogP contribution >= 0.6 is 0 Å². The number of hydrogen-bond acceptors (Lipinski definition) is 3. The largest absolute Gasteiger partial charge is 0.419 e. The van der Waals surface area contributed by atoms with Crippen LogP contribution in [0.1, 0.15) is 27.0 Å². The van der Waals surface area contributed by atoms with Gasteiger partial charge in [-0.3, -0.25) is 9.36 Å². The lowest BCUT2D eigenvalue weighted by atomic mass is 10.1. The first-order valence-electron chi connectivity index (χ1n) is 7.39. The van der Waals surface area contributed by atoms with Crippen LogP contribution in [0.3, 0.4) is 0 Å². The maximum absolute atomic E-state index is 12.2. The smallest absolute Gasteiger partial charge is 0.408 e. The molecular formula is C18H18N2O3. The molecule has 0 bridgehead atoms. The van der Waals surface area contributed by atoms with Crippen molar-refractivity contribution < 1.29 is 9.21 Å². The lowest BCUT2D eigenvalue weighted by Crippen LogP contribution is -2.22. The summed E-state index contributed by atoms with van der Waals surface area (Å²) in [6.45, 7) is 4.37. The molecule has 0 radical (unpaired) electrons. The van der Waals surface area contributed by atoms with Crippen molar-refractivity contribution >= 4 is 17.0 Å². The number of nitrogens with zero attached hydrogens (tertiary/aromatic N) is 1. The SMILES string of the molecule is Cc1ccc(C(=O)NCc2ccc3c(c2)oc(=O)n3C)cc1C. The molecule has 0 aliphatic carbocycles. The highest BCUT2D eigenvalue weighted by atomic mass is 16.4. The van der Waals surface area contributed by atoms with E-state index in [9.17, 15) is 9.59 Å². The summed E-state index contributed by atoms with van der Waals surface area (Å²) in [6, 6.07) is 11.1. The quantitative estimate of drug-likeness (QED) is 0.809. The number of aromatic nitrogens is 1. The van der Waals surface area contributed by atoms with E-state index in [0.29, 0.717) is 17.7 Å². The van der Waals surface area contributed by atoms with Crippen molar-refractivity contribution in [3.63, 3.8) is 0 Å². The topological polar surface area (TPSA) is 64.2 Å². The number of benzene rings is 2. The van der Waals surface area contributed by atoms with E-state index in [1.165, 1.54) is 4.57 Å². The molecule has 3 aromatic rings. The molecule has 0 unspecified atom stereocenters. The van der Waals surface area contributed by atoms with E-state index in [2.05, 4.69) is 5.32 Å². The van der Waals surface area contributed by atoms with E-state index in [-0.39, 0.29) is 5.91 Å². The highest BCUT2D eigenvalue weighted by molar-refractivity contribution is 5.94. The first-order chi connectivity index (χ1) is 11.0. The molecule has 5 heteroatoms. The fourth-order valence-corrected chi connectivity index (χ4v) is 2.46. The number of carbonyl (C=O) groups excluding carboxylic acids is 1. The van der Waals surface area contributed by atoms with Gasteiger partial charge in [0.1, 0.15) is 0 Å². The van der Waals surface area contributed by atoms with Crippen LogP contribution in [0.4, 0.5) is 0 Å². The van der Waals surface area contributed by atoms with Gasteiger partial charge in [0, 0.05) is 19.2 Å². The van der Waals surface area contributed by atoms with Gasteiger partial charge in [-0.25, -0.2) is 4.79 Å². The average Bonchev–Trinajstić information content (AvgIpc) is 2.82. The molecule has 1 aromatic heterocycles. The zero-order valence-corrected chi connectivity index (χ0v) is 13.3. The summed E-state index contributed by atoms with van der Waals surface area (Å²) in [7, 11) is 1.66. The van der Waals surface area contributed by atoms with Crippen LogP contribution in [0.25, 0.3) is 11.1 Å². The fraction of sp³-hybridized carbons (Fsp3) is 0.222. The molecule has 118 valence electrons. The number of amides is 1. The second kappa shape index (κ2) is 5.76. The van der Waals surface area contributed by atoms with Crippen LogP contribution < -0.4 is 11.1 Å². The first kappa shape index (κ1) is 15.1. The normalized spacial score (nSPS) is 10.9. The fourth-order valence-electron chi connectivity index (χ4n) is 2.46. The average molecular weight is 310 g/mol. The van der Waals surface area contributed by atoms with Crippen LogP contribution in [-0.2, 0) is 13.6 Å². The van der Waals surface area contributed by atoms with E-state index in [1.54, 1.807) is 13.1 Å². The summed E-state index contributed by atoms with van der Waals surface area (Å²) >= 11 is 0. The standard InChI is InChI=1S/C18H18N2O3/c1-11-4-6-14(8-12(11)2)17(21)19-10-13-5-7-15-16(9-13)23-18(22)20(15)3/h4-9H,10H2,1-3H3,(H,19,21). The molecule has 5 nitrogen and oxygen atoms in total. The number of carbonyl (C=O) groups is 1. The predicted molar refractivity (Wildman–Crippen MR) is 88.5 cm³/mol. The van der Waals surface area contributed by atoms with Gasteiger partial charge in [-0.2, -0.15) is 0 Å². The highest BCUT2D eigenvalue weighted by Crippen LogP contribution is 2.14. The van der Waals surface area contributed by atoms with E-state index in [0.717, 1.165) is 22.2 Å². The molecule has 0 aliphatic heterocycles. The summed E-state index contributed by atoms with van der Waals surface area (Å²) < 4.78 is 6.61. The maximum atomic E-state index is 12.2. The second-order valence-corrected chi connectivity index (χ2v) is 5.71. The van der Waals surface area contributed by atoms with E-state index < -0.39 is 5.76 Å². The molecule has 0 saturated carbocycles. The second-order valence-electron chi connectivity index (χ2n) is 5.71. The third kappa shape index (κ3) is 2.90. The van der Waals surface area contributed by atoms with Crippen LogP contribution in [0.2, 0.25) is 0 Å². The number of hydrogen-bond donors (Lipinski definition) is 1. The Morgan fingerprint density at radius 2 is 1.91 bits per heavy atom. The maximum Gasteiger partial charge on any atom is 0.419 e. The van der Waals surface area contributed by atoms with Crippen molar-refractivity contribution in [1.29, 1.82) is 0 Å². The highest BCUT2D eigenvalue weighted by Gasteiger charge is 2.09. The van der Waals surface area contributed by atoms with Gasteiger partial charge >= 0.3 is 5.76 Å². The summed E-state index contributed by atoms with van der Waals surface area (Å²) in [5, 5.41) is 2.88. The van der Waals surface area contributed by atoms with Gasteiger partial charge in [0.15, 0.2) is 5.58 Å². The lowest BCUT2D eigenvalue weighted by molar-refractivity contribution is 0.0951. The molecule has 0 saturated heterocycles. The van der Waals surface area contributed by atoms with Crippen LogP contribution in [0.5, 0.6) is 0 Å². The number of rotatable bonds is 3. The molecule has 2 aromatic carbocycles. The molecule has 1 heterocycles.